The molecule has 0 N–H and O–H groups in total. The number of ketones is 1. The van der Waals surface area contributed by atoms with E-state index in [2.05, 4.69) is 4.98 Å². The Morgan fingerprint density at radius 2 is 1.88 bits per heavy atom. The van der Waals surface area contributed by atoms with Crippen molar-refractivity contribution in [3.8, 4) is 0 Å². The fourth-order valence-corrected chi connectivity index (χ4v) is 2.74. The third-order valence-electron chi connectivity index (χ3n) is 3.98. The van der Waals surface area contributed by atoms with Gasteiger partial charge in [0, 0.05) is 19.3 Å². The second-order valence-electron chi connectivity index (χ2n) is 5.69. The maximum Gasteiger partial charge on any atom is 0.342 e. The molecule has 0 atom stereocenters. The molecule has 1 aliphatic rings. The third-order valence-corrected chi connectivity index (χ3v) is 3.98. The molecule has 0 saturated carbocycles. The molecule has 0 bridgehead atoms. The highest BCUT2D eigenvalue weighted by atomic mass is 19.1. The topological polar surface area (TPSA) is 59.5 Å². The summed E-state index contributed by atoms with van der Waals surface area (Å²) in [6, 6.07) is 5.72. The van der Waals surface area contributed by atoms with E-state index >= 15 is 0 Å². The molecule has 0 radical (unpaired) electrons. The zero-order chi connectivity index (χ0) is 17.8. The molecule has 1 aliphatic heterocycles. The summed E-state index contributed by atoms with van der Waals surface area (Å²) in [6.07, 6.45) is 3.61. The summed E-state index contributed by atoms with van der Waals surface area (Å²) in [5.41, 5.74) is -0.198. The lowest BCUT2D eigenvalue weighted by atomic mass is 10.1. The monoisotopic (exact) mass is 346 g/mol. The van der Waals surface area contributed by atoms with Crippen LogP contribution in [-0.2, 0) is 4.74 Å². The highest BCUT2D eigenvalue weighted by Gasteiger charge is 2.22. The van der Waals surface area contributed by atoms with E-state index in [0.29, 0.717) is 5.82 Å². The smallest absolute Gasteiger partial charge is 0.342 e. The van der Waals surface area contributed by atoms with Crippen LogP contribution in [0.1, 0.15) is 33.6 Å². The van der Waals surface area contributed by atoms with Crippen LogP contribution in [0.25, 0.3) is 0 Å². The van der Waals surface area contributed by atoms with E-state index in [1.54, 1.807) is 18.3 Å². The van der Waals surface area contributed by atoms with Crippen LogP contribution >= 0.6 is 0 Å². The van der Waals surface area contributed by atoms with Gasteiger partial charge in [-0.25, -0.2) is 18.6 Å². The van der Waals surface area contributed by atoms with Crippen LogP contribution < -0.4 is 4.90 Å². The molecule has 2 aromatic rings. The first-order valence-corrected chi connectivity index (χ1v) is 7.91. The fraction of sp³-hybridized carbons (Fsp3) is 0.278. The molecule has 0 spiro atoms. The van der Waals surface area contributed by atoms with Crippen molar-refractivity contribution in [3.63, 3.8) is 0 Å². The van der Waals surface area contributed by atoms with Gasteiger partial charge in [0.25, 0.3) is 0 Å². The number of Topliss-reactive ketones (excluding diaryl/α,β-unsaturated/α-hetero) is 1. The number of anilines is 1. The van der Waals surface area contributed by atoms with Gasteiger partial charge in [0.1, 0.15) is 23.0 Å². The van der Waals surface area contributed by atoms with Crippen molar-refractivity contribution < 1.29 is 23.1 Å². The lowest BCUT2D eigenvalue weighted by Crippen LogP contribution is -2.23. The van der Waals surface area contributed by atoms with Crippen LogP contribution in [0.3, 0.4) is 0 Å². The molecule has 25 heavy (non-hydrogen) atoms. The highest BCUT2D eigenvalue weighted by molar-refractivity contribution is 6.00. The van der Waals surface area contributed by atoms with Gasteiger partial charge >= 0.3 is 5.97 Å². The van der Waals surface area contributed by atoms with Gasteiger partial charge in [0.05, 0.1) is 5.56 Å². The van der Waals surface area contributed by atoms with Crippen molar-refractivity contribution in [2.75, 3.05) is 24.6 Å². The largest absolute Gasteiger partial charge is 0.454 e. The maximum atomic E-state index is 13.6. The van der Waals surface area contributed by atoms with Gasteiger partial charge in [-0.1, -0.05) is 0 Å². The van der Waals surface area contributed by atoms with E-state index in [1.165, 1.54) is 0 Å². The second kappa shape index (κ2) is 7.38. The molecule has 1 saturated heterocycles. The summed E-state index contributed by atoms with van der Waals surface area (Å²) in [5.74, 6) is -2.62. The summed E-state index contributed by atoms with van der Waals surface area (Å²) in [6.45, 7) is 0.920. The minimum absolute atomic E-state index is 0.247. The number of esters is 1. The number of hydrogen-bond donors (Lipinski definition) is 0. The number of nitrogens with zero attached hydrogens (tertiary/aromatic N) is 2. The first kappa shape index (κ1) is 17.0. The Bertz CT molecular complexity index is 805. The average molecular weight is 346 g/mol. The van der Waals surface area contributed by atoms with Gasteiger partial charge in [-0.15, -0.1) is 0 Å². The third kappa shape index (κ3) is 3.81. The van der Waals surface area contributed by atoms with Gasteiger partial charge in [0.15, 0.2) is 6.61 Å². The molecular weight excluding hydrogens is 330 g/mol. The number of benzene rings is 1. The van der Waals surface area contributed by atoms with E-state index in [4.69, 9.17) is 4.74 Å². The zero-order valence-electron chi connectivity index (χ0n) is 13.4. The molecule has 1 fully saturated rings. The van der Waals surface area contributed by atoms with Crippen LogP contribution in [0, 0.1) is 11.6 Å². The van der Waals surface area contributed by atoms with Gasteiger partial charge < -0.3 is 9.64 Å². The van der Waals surface area contributed by atoms with E-state index < -0.39 is 35.6 Å². The number of ether oxygens (including phenoxy) is 1. The fourth-order valence-electron chi connectivity index (χ4n) is 2.74. The quantitative estimate of drug-likeness (QED) is 0.615. The minimum Gasteiger partial charge on any atom is -0.454 e. The highest BCUT2D eigenvalue weighted by Crippen LogP contribution is 2.22. The van der Waals surface area contributed by atoms with Crippen LogP contribution in [0.15, 0.2) is 36.5 Å². The number of carbonyl (C=O) groups is 2. The van der Waals surface area contributed by atoms with Crippen molar-refractivity contribution in [2.24, 2.45) is 0 Å². The number of rotatable bonds is 5. The Morgan fingerprint density at radius 1 is 1.12 bits per heavy atom. The molecule has 130 valence electrons. The first-order valence-electron chi connectivity index (χ1n) is 7.91. The van der Waals surface area contributed by atoms with Crippen LogP contribution in [0.4, 0.5) is 14.6 Å². The van der Waals surface area contributed by atoms with Gasteiger partial charge in [0.2, 0.25) is 5.78 Å². The molecule has 1 aromatic carbocycles. The van der Waals surface area contributed by atoms with Crippen molar-refractivity contribution in [3.05, 3.63) is 59.3 Å². The number of carbonyl (C=O) groups excluding carboxylic acids is 2. The number of hydrogen-bond acceptors (Lipinski definition) is 5. The number of aromatic nitrogens is 1. The summed E-state index contributed by atoms with van der Waals surface area (Å²) in [7, 11) is 0. The van der Waals surface area contributed by atoms with Crippen molar-refractivity contribution in [1.82, 2.24) is 4.98 Å². The molecule has 7 heteroatoms. The molecule has 0 aliphatic carbocycles. The lowest BCUT2D eigenvalue weighted by molar-refractivity contribution is 0.0473. The summed E-state index contributed by atoms with van der Waals surface area (Å²) >= 11 is 0. The van der Waals surface area contributed by atoms with Crippen LogP contribution in [0.2, 0.25) is 0 Å². The Balaban J connectivity index is 1.71. The van der Waals surface area contributed by atoms with Gasteiger partial charge in [-0.2, -0.15) is 0 Å². The van der Waals surface area contributed by atoms with Crippen molar-refractivity contribution in [2.45, 2.75) is 12.8 Å². The molecule has 5 nitrogen and oxygen atoms in total. The lowest BCUT2D eigenvalue weighted by Gasteiger charge is -2.18. The maximum absolute atomic E-state index is 13.6. The summed E-state index contributed by atoms with van der Waals surface area (Å²) in [4.78, 5) is 30.5. The summed E-state index contributed by atoms with van der Waals surface area (Å²) < 4.78 is 31.7. The van der Waals surface area contributed by atoms with Gasteiger partial charge in [-0.3, -0.25) is 4.79 Å². The van der Waals surface area contributed by atoms with Crippen molar-refractivity contribution >= 4 is 17.6 Å². The second-order valence-corrected chi connectivity index (χ2v) is 5.69. The predicted octanol–water partition coefficient (Wildman–Crippen LogP) is 3.00. The Hall–Kier alpha value is -2.83. The molecule has 0 unspecified atom stereocenters. The molecule has 0 amide bonds. The molecule has 1 aromatic heterocycles. The Morgan fingerprint density at radius 3 is 2.64 bits per heavy atom. The number of halogens is 2. The van der Waals surface area contributed by atoms with E-state index in [9.17, 15) is 18.4 Å². The van der Waals surface area contributed by atoms with Crippen LogP contribution in [0.5, 0.6) is 0 Å². The van der Waals surface area contributed by atoms with E-state index in [1.807, 2.05) is 4.90 Å². The number of pyridine rings is 1. The normalized spacial score (nSPS) is 13.8. The Labute approximate surface area is 143 Å². The first-order chi connectivity index (χ1) is 12.1. The average Bonchev–Trinajstić information content (AvgIpc) is 3.16. The zero-order valence-corrected chi connectivity index (χ0v) is 13.4. The standard InChI is InChI=1S/C18H16F2N2O3/c19-12-5-6-15(20)14(10-12)16(23)11-25-18(24)13-4-3-7-21-17(13)22-8-1-2-9-22/h3-7,10H,1-2,8-9,11H2. The predicted molar refractivity (Wildman–Crippen MR) is 86.7 cm³/mol. The van der Waals surface area contributed by atoms with E-state index in [0.717, 1.165) is 44.1 Å². The molecule has 2 heterocycles. The van der Waals surface area contributed by atoms with E-state index in [-0.39, 0.29) is 5.56 Å². The molecular formula is C18H16F2N2O3. The molecule has 3 rings (SSSR count). The summed E-state index contributed by atoms with van der Waals surface area (Å²) in [5, 5.41) is 0. The van der Waals surface area contributed by atoms with Gasteiger partial charge in [-0.05, 0) is 43.2 Å². The van der Waals surface area contributed by atoms with Crippen molar-refractivity contribution in [1.29, 1.82) is 0 Å². The van der Waals surface area contributed by atoms with Crippen LogP contribution in [-0.4, -0.2) is 36.4 Å². The Kier molecular flexibility index (Phi) is 5.02. The minimum atomic E-state index is -0.860. The SMILES string of the molecule is O=C(COC(=O)c1cccnc1N1CCCC1)c1cc(F)ccc1F.